The second kappa shape index (κ2) is 6.04. The number of aryl methyl sites for hydroxylation is 1. The van der Waals surface area contributed by atoms with Gasteiger partial charge in [0.2, 0.25) is 5.95 Å². The molecule has 0 saturated heterocycles. The summed E-state index contributed by atoms with van der Waals surface area (Å²) < 4.78 is 14.0. The van der Waals surface area contributed by atoms with E-state index in [0.29, 0.717) is 21.8 Å². The monoisotopic (exact) mass is 339 g/mol. The highest BCUT2D eigenvalue weighted by Gasteiger charge is 2.08. The summed E-state index contributed by atoms with van der Waals surface area (Å²) in [5.41, 5.74) is 7.17. The lowest BCUT2D eigenvalue weighted by Crippen LogP contribution is -2.06. The summed E-state index contributed by atoms with van der Waals surface area (Å²) in [7, 11) is 0. The first kappa shape index (κ1) is 14.5. The fourth-order valence-electron chi connectivity index (χ4n) is 1.72. The summed E-state index contributed by atoms with van der Waals surface area (Å²) in [5, 5.41) is 6.10. The molecule has 5 nitrogen and oxygen atoms in total. The Labute approximate surface area is 124 Å². The van der Waals surface area contributed by atoms with Crippen LogP contribution in [0, 0.1) is 12.7 Å². The zero-order chi connectivity index (χ0) is 14.7. The van der Waals surface area contributed by atoms with Crippen LogP contribution >= 0.6 is 15.9 Å². The highest BCUT2D eigenvalue weighted by Crippen LogP contribution is 2.26. The van der Waals surface area contributed by atoms with E-state index in [4.69, 9.17) is 5.73 Å². The average Bonchev–Trinajstić information content (AvgIpc) is 2.35. The molecule has 2 rings (SSSR count). The zero-order valence-electron chi connectivity index (χ0n) is 11.2. The first-order chi connectivity index (χ1) is 9.49. The highest BCUT2D eigenvalue weighted by molar-refractivity contribution is 9.10. The summed E-state index contributed by atoms with van der Waals surface area (Å²) in [5.74, 6) is 0.948. The van der Waals surface area contributed by atoms with E-state index in [-0.39, 0.29) is 11.8 Å². The first-order valence-electron chi connectivity index (χ1n) is 6.10. The predicted molar refractivity (Wildman–Crippen MR) is 82.7 cm³/mol. The average molecular weight is 340 g/mol. The summed E-state index contributed by atoms with van der Waals surface area (Å²) in [4.78, 5) is 8.14. The largest absolute Gasteiger partial charge is 0.370 e. The first-order valence-corrected chi connectivity index (χ1v) is 6.90. The third kappa shape index (κ3) is 3.36. The summed E-state index contributed by atoms with van der Waals surface area (Å²) in [6.07, 6.45) is 0. The Kier molecular flexibility index (Phi) is 4.39. The Hall–Kier alpha value is -1.89. The van der Waals surface area contributed by atoms with Crippen molar-refractivity contribution in [1.82, 2.24) is 9.97 Å². The maximum atomic E-state index is 13.6. The van der Waals surface area contributed by atoms with E-state index < -0.39 is 0 Å². The third-order valence-corrected chi connectivity index (χ3v) is 3.24. The second-order valence-corrected chi connectivity index (χ2v) is 5.09. The van der Waals surface area contributed by atoms with E-state index in [0.717, 1.165) is 12.1 Å². The minimum atomic E-state index is -0.341. The van der Waals surface area contributed by atoms with Crippen molar-refractivity contribution in [2.24, 2.45) is 0 Å². The number of rotatable bonds is 4. The molecule has 1 heterocycles. The van der Waals surface area contributed by atoms with E-state index in [1.54, 1.807) is 12.1 Å². The number of nitrogen functional groups attached to an aromatic ring is 1. The maximum Gasteiger partial charge on any atom is 0.223 e. The van der Waals surface area contributed by atoms with Crippen LogP contribution in [0.5, 0.6) is 0 Å². The quantitative estimate of drug-likeness (QED) is 0.795. The van der Waals surface area contributed by atoms with Crippen LogP contribution < -0.4 is 16.4 Å². The Morgan fingerprint density at radius 3 is 2.65 bits per heavy atom. The van der Waals surface area contributed by atoms with E-state index in [1.807, 2.05) is 13.8 Å². The molecule has 4 N–H and O–H groups in total. The van der Waals surface area contributed by atoms with Gasteiger partial charge in [0.25, 0.3) is 0 Å². The van der Waals surface area contributed by atoms with Crippen molar-refractivity contribution in [3.05, 3.63) is 34.1 Å². The standard InChI is InChI=1S/C13H15BrFN5/c1-3-17-11-6-12(20-13(16)19-11)18-10-5-9(15)8(14)4-7(10)2/h4-6H,3H2,1-2H3,(H4,16,17,18,19,20). The molecule has 0 aliphatic carbocycles. The van der Waals surface area contributed by atoms with Crippen LogP contribution in [0.25, 0.3) is 0 Å². The number of anilines is 4. The van der Waals surface area contributed by atoms with Crippen LogP contribution in [0.2, 0.25) is 0 Å². The lowest BCUT2D eigenvalue weighted by atomic mass is 10.2. The maximum absolute atomic E-state index is 13.6. The van der Waals surface area contributed by atoms with Crippen molar-refractivity contribution >= 4 is 39.2 Å². The number of hydrogen-bond acceptors (Lipinski definition) is 5. The molecule has 0 unspecified atom stereocenters. The van der Waals surface area contributed by atoms with Gasteiger partial charge in [-0.1, -0.05) is 0 Å². The van der Waals surface area contributed by atoms with Crippen LogP contribution in [-0.4, -0.2) is 16.5 Å². The number of benzene rings is 1. The Morgan fingerprint density at radius 1 is 1.25 bits per heavy atom. The van der Waals surface area contributed by atoms with Gasteiger partial charge in [0.05, 0.1) is 4.47 Å². The van der Waals surface area contributed by atoms with E-state index >= 15 is 0 Å². The molecule has 1 aromatic heterocycles. The van der Waals surface area contributed by atoms with Crippen molar-refractivity contribution in [1.29, 1.82) is 0 Å². The Morgan fingerprint density at radius 2 is 1.95 bits per heavy atom. The van der Waals surface area contributed by atoms with Crippen molar-refractivity contribution in [2.45, 2.75) is 13.8 Å². The fraction of sp³-hybridized carbons (Fsp3) is 0.231. The van der Waals surface area contributed by atoms with Crippen LogP contribution in [0.15, 0.2) is 22.7 Å². The molecule has 106 valence electrons. The highest BCUT2D eigenvalue weighted by atomic mass is 79.9. The topological polar surface area (TPSA) is 75.9 Å². The van der Waals surface area contributed by atoms with Gasteiger partial charge in [-0.25, -0.2) is 4.39 Å². The van der Waals surface area contributed by atoms with Gasteiger partial charge >= 0.3 is 0 Å². The van der Waals surface area contributed by atoms with E-state index in [9.17, 15) is 4.39 Å². The van der Waals surface area contributed by atoms with Crippen molar-refractivity contribution in [3.63, 3.8) is 0 Å². The molecule has 0 bridgehead atoms. The second-order valence-electron chi connectivity index (χ2n) is 4.23. The van der Waals surface area contributed by atoms with Crippen LogP contribution in [-0.2, 0) is 0 Å². The molecule has 2 aromatic rings. The summed E-state index contributed by atoms with van der Waals surface area (Å²) in [6.45, 7) is 4.56. The van der Waals surface area contributed by atoms with Gasteiger partial charge < -0.3 is 16.4 Å². The van der Waals surface area contributed by atoms with Gasteiger partial charge in [-0.05, 0) is 47.5 Å². The number of aromatic nitrogens is 2. The lowest BCUT2D eigenvalue weighted by Gasteiger charge is -2.11. The number of hydrogen-bond donors (Lipinski definition) is 3. The van der Waals surface area contributed by atoms with Crippen molar-refractivity contribution in [3.8, 4) is 0 Å². The third-order valence-electron chi connectivity index (χ3n) is 2.63. The summed E-state index contributed by atoms with van der Waals surface area (Å²) in [6, 6.07) is 4.83. The van der Waals surface area contributed by atoms with Gasteiger partial charge in [-0.2, -0.15) is 9.97 Å². The van der Waals surface area contributed by atoms with Crippen LogP contribution in [0.1, 0.15) is 12.5 Å². The van der Waals surface area contributed by atoms with Crippen LogP contribution in [0.4, 0.5) is 27.7 Å². The zero-order valence-corrected chi connectivity index (χ0v) is 12.8. The van der Waals surface area contributed by atoms with Gasteiger partial charge in [-0.3, -0.25) is 0 Å². The minimum absolute atomic E-state index is 0.154. The van der Waals surface area contributed by atoms with Crippen molar-refractivity contribution in [2.75, 3.05) is 22.9 Å². The Balaban J connectivity index is 2.32. The lowest BCUT2D eigenvalue weighted by molar-refractivity contribution is 0.621. The predicted octanol–water partition coefficient (Wildman–Crippen LogP) is 3.44. The van der Waals surface area contributed by atoms with Crippen molar-refractivity contribution < 1.29 is 4.39 Å². The molecular weight excluding hydrogens is 325 g/mol. The molecule has 0 spiro atoms. The smallest absolute Gasteiger partial charge is 0.223 e. The van der Waals surface area contributed by atoms with Gasteiger partial charge in [0, 0.05) is 18.3 Å². The molecule has 0 amide bonds. The van der Waals surface area contributed by atoms with Gasteiger partial charge in [-0.15, -0.1) is 0 Å². The fourth-order valence-corrected chi connectivity index (χ4v) is 2.18. The normalized spacial score (nSPS) is 10.4. The Bertz CT molecular complexity index is 632. The number of halogens is 2. The molecule has 20 heavy (non-hydrogen) atoms. The molecule has 0 radical (unpaired) electrons. The molecule has 0 fully saturated rings. The molecule has 0 saturated carbocycles. The summed E-state index contributed by atoms with van der Waals surface area (Å²) >= 11 is 3.15. The number of nitrogens with zero attached hydrogens (tertiary/aromatic N) is 2. The molecule has 7 heteroatoms. The molecule has 0 aliphatic heterocycles. The van der Waals surface area contributed by atoms with E-state index in [2.05, 4.69) is 36.5 Å². The van der Waals surface area contributed by atoms with Crippen LogP contribution in [0.3, 0.4) is 0 Å². The molecule has 0 aliphatic rings. The molecular formula is C13H15BrFN5. The van der Waals surface area contributed by atoms with E-state index in [1.165, 1.54) is 6.07 Å². The minimum Gasteiger partial charge on any atom is -0.370 e. The SMILES string of the molecule is CCNc1cc(Nc2cc(F)c(Br)cc2C)nc(N)n1. The molecule has 0 atom stereocenters. The number of nitrogens with one attached hydrogen (secondary N) is 2. The van der Waals surface area contributed by atoms with Gasteiger partial charge in [0.1, 0.15) is 17.5 Å². The van der Waals surface area contributed by atoms with Gasteiger partial charge in [0.15, 0.2) is 0 Å². The number of nitrogens with two attached hydrogens (primary N) is 1. The molecule has 1 aromatic carbocycles.